The molecule has 6 atom stereocenters. The molecule has 0 aliphatic carbocycles. The van der Waals surface area contributed by atoms with Gasteiger partial charge < -0.3 is 38.6 Å². The van der Waals surface area contributed by atoms with Crippen LogP contribution in [0.5, 0.6) is 11.5 Å². The highest BCUT2D eigenvalue weighted by Gasteiger charge is 2.53. The molecular formula is C31H44O8. The summed E-state index contributed by atoms with van der Waals surface area (Å²) in [6.45, 7) is 5.22. The highest BCUT2D eigenvalue weighted by molar-refractivity contribution is 5.27. The van der Waals surface area contributed by atoms with Crippen LogP contribution in [-0.2, 0) is 32.2 Å². The zero-order valence-electron chi connectivity index (χ0n) is 23.6. The maximum Gasteiger partial charge on any atom is 0.169 e. The van der Waals surface area contributed by atoms with Crippen LogP contribution in [0.4, 0.5) is 0 Å². The molecule has 2 N–H and O–H groups in total. The fourth-order valence-corrected chi connectivity index (χ4v) is 6.01. The molecule has 1 spiro atoms. The Kier molecular flexibility index (Phi) is 10.6. The van der Waals surface area contributed by atoms with Crippen molar-refractivity contribution in [3.05, 3.63) is 59.7 Å². The number of benzene rings is 2. The molecule has 0 radical (unpaired) electrons. The van der Waals surface area contributed by atoms with Gasteiger partial charge in [-0.25, -0.2) is 0 Å². The van der Waals surface area contributed by atoms with Gasteiger partial charge in [-0.2, -0.15) is 0 Å². The van der Waals surface area contributed by atoms with Crippen LogP contribution >= 0.6 is 0 Å². The number of rotatable bonds is 12. The minimum atomic E-state index is -0.807. The molecule has 0 aromatic heterocycles. The number of aliphatic hydroxyl groups excluding tert-OH is 2. The fourth-order valence-electron chi connectivity index (χ4n) is 6.01. The normalized spacial score (nSPS) is 30.8. The summed E-state index contributed by atoms with van der Waals surface area (Å²) in [5, 5.41) is 19.7. The molecule has 0 amide bonds. The second-order valence-corrected chi connectivity index (χ2v) is 10.9. The molecule has 0 saturated carbocycles. The molecule has 2 aromatic carbocycles. The Morgan fingerprint density at radius 1 is 0.692 bits per heavy atom. The Labute approximate surface area is 232 Å². The number of aliphatic hydroxyl groups is 2. The molecule has 216 valence electrons. The lowest BCUT2D eigenvalue weighted by Gasteiger charge is -2.53. The molecule has 2 aromatic rings. The SMILES string of the molecule is COc1ccc(CO[C@@H]2[C@H](CCO)OC3(C[C@@H]2C)C[C@H](C)[C@H](OCc2ccc(OC)cc2)[C@H](CCO)O3)cc1. The van der Waals surface area contributed by atoms with Gasteiger partial charge in [-0.15, -0.1) is 0 Å². The summed E-state index contributed by atoms with van der Waals surface area (Å²) in [4.78, 5) is 0. The van der Waals surface area contributed by atoms with Crippen molar-refractivity contribution in [3.63, 3.8) is 0 Å². The summed E-state index contributed by atoms with van der Waals surface area (Å²) in [6.07, 6.45) is 1.28. The Morgan fingerprint density at radius 2 is 1.08 bits per heavy atom. The number of ether oxygens (including phenoxy) is 6. The van der Waals surface area contributed by atoms with Gasteiger partial charge in [-0.1, -0.05) is 38.1 Å². The van der Waals surface area contributed by atoms with Gasteiger partial charge >= 0.3 is 0 Å². The van der Waals surface area contributed by atoms with Gasteiger partial charge in [-0.3, -0.25) is 0 Å². The standard InChI is InChI=1S/C31H44O8/c1-21-17-31(38-27(13-15-32)29(21)36-19-23-5-9-25(34-3)10-6-23)18-22(2)30(28(39-31)14-16-33)37-20-24-7-11-26(35-4)12-8-24/h5-12,21-22,27-30,32-33H,13-20H2,1-4H3/t21-,22-,27-,28-,29-,30-,31?/m0/s1. The smallest absolute Gasteiger partial charge is 0.169 e. The predicted octanol–water partition coefficient (Wildman–Crippen LogP) is 4.49. The zero-order chi connectivity index (χ0) is 27.8. The summed E-state index contributed by atoms with van der Waals surface area (Å²) >= 11 is 0. The van der Waals surface area contributed by atoms with Crippen LogP contribution in [0.3, 0.4) is 0 Å². The average Bonchev–Trinajstić information content (AvgIpc) is 2.93. The molecule has 2 fully saturated rings. The quantitative estimate of drug-likeness (QED) is 0.404. The Hall–Kier alpha value is -2.20. The van der Waals surface area contributed by atoms with Crippen molar-refractivity contribution in [2.24, 2.45) is 11.8 Å². The first-order valence-electron chi connectivity index (χ1n) is 14.0. The van der Waals surface area contributed by atoms with Crippen LogP contribution in [0.2, 0.25) is 0 Å². The van der Waals surface area contributed by atoms with E-state index in [1.165, 1.54) is 0 Å². The third-order valence-electron chi connectivity index (χ3n) is 7.88. The van der Waals surface area contributed by atoms with E-state index in [0.29, 0.717) is 38.9 Å². The van der Waals surface area contributed by atoms with Crippen LogP contribution in [-0.4, -0.2) is 67.8 Å². The third kappa shape index (κ3) is 7.51. The van der Waals surface area contributed by atoms with Crippen molar-refractivity contribution in [2.45, 2.75) is 82.9 Å². The first kappa shape index (κ1) is 29.8. The van der Waals surface area contributed by atoms with E-state index in [1.54, 1.807) is 14.2 Å². The van der Waals surface area contributed by atoms with E-state index < -0.39 is 5.79 Å². The summed E-state index contributed by atoms with van der Waals surface area (Å²) < 4.78 is 36.6. The molecular weight excluding hydrogens is 500 g/mol. The van der Waals surface area contributed by atoms with E-state index in [0.717, 1.165) is 22.6 Å². The molecule has 2 aliphatic heterocycles. The molecule has 8 nitrogen and oxygen atoms in total. The second-order valence-electron chi connectivity index (χ2n) is 10.9. The van der Waals surface area contributed by atoms with Gasteiger partial charge in [0, 0.05) is 26.1 Å². The zero-order valence-corrected chi connectivity index (χ0v) is 23.6. The Bertz CT molecular complexity index is 913. The second kappa shape index (κ2) is 13.9. The topological polar surface area (TPSA) is 95.8 Å². The molecule has 2 saturated heterocycles. The lowest BCUT2D eigenvalue weighted by molar-refractivity contribution is -0.367. The van der Waals surface area contributed by atoms with Gasteiger partial charge in [0.1, 0.15) is 11.5 Å². The largest absolute Gasteiger partial charge is 0.497 e. The van der Waals surface area contributed by atoms with Crippen LogP contribution < -0.4 is 9.47 Å². The Balaban J connectivity index is 1.42. The number of methoxy groups -OCH3 is 2. The van der Waals surface area contributed by atoms with E-state index in [9.17, 15) is 10.2 Å². The minimum Gasteiger partial charge on any atom is -0.497 e. The first-order chi connectivity index (χ1) is 18.9. The fraction of sp³-hybridized carbons (Fsp3) is 0.613. The lowest BCUT2D eigenvalue weighted by Crippen LogP contribution is -2.60. The van der Waals surface area contributed by atoms with Gasteiger partial charge in [0.15, 0.2) is 5.79 Å². The van der Waals surface area contributed by atoms with Crippen molar-refractivity contribution in [1.29, 1.82) is 0 Å². The Morgan fingerprint density at radius 3 is 1.41 bits per heavy atom. The highest BCUT2D eigenvalue weighted by Crippen LogP contribution is 2.46. The van der Waals surface area contributed by atoms with Gasteiger partial charge in [-0.05, 0) is 60.1 Å². The van der Waals surface area contributed by atoms with E-state index in [-0.39, 0.29) is 49.5 Å². The molecule has 39 heavy (non-hydrogen) atoms. The van der Waals surface area contributed by atoms with Crippen molar-refractivity contribution in [2.75, 3.05) is 27.4 Å². The van der Waals surface area contributed by atoms with Crippen molar-refractivity contribution in [3.8, 4) is 11.5 Å². The molecule has 2 heterocycles. The number of hydrogen-bond acceptors (Lipinski definition) is 8. The monoisotopic (exact) mass is 544 g/mol. The van der Waals surface area contributed by atoms with Crippen molar-refractivity contribution < 1.29 is 38.6 Å². The van der Waals surface area contributed by atoms with E-state index in [4.69, 9.17) is 28.4 Å². The summed E-state index contributed by atoms with van der Waals surface area (Å²) in [7, 11) is 3.30. The van der Waals surface area contributed by atoms with E-state index >= 15 is 0 Å². The van der Waals surface area contributed by atoms with Crippen molar-refractivity contribution >= 4 is 0 Å². The van der Waals surface area contributed by atoms with Gasteiger partial charge in [0.25, 0.3) is 0 Å². The van der Waals surface area contributed by atoms with E-state index in [1.807, 2.05) is 48.5 Å². The van der Waals surface area contributed by atoms with Gasteiger partial charge in [0.2, 0.25) is 0 Å². The van der Waals surface area contributed by atoms with Gasteiger partial charge in [0.05, 0.1) is 51.8 Å². The predicted molar refractivity (Wildman–Crippen MR) is 147 cm³/mol. The molecule has 0 bridgehead atoms. The number of hydrogen-bond donors (Lipinski definition) is 2. The van der Waals surface area contributed by atoms with Crippen LogP contribution in [0.1, 0.15) is 50.7 Å². The van der Waals surface area contributed by atoms with Crippen LogP contribution in [0, 0.1) is 11.8 Å². The maximum atomic E-state index is 9.84. The highest BCUT2D eigenvalue weighted by atomic mass is 16.7. The van der Waals surface area contributed by atoms with Crippen molar-refractivity contribution in [1.82, 2.24) is 0 Å². The summed E-state index contributed by atoms with van der Waals surface area (Å²) in [6, 6.07) is 15.7. The maximum absolute atomic E-state index is 9.84. The molecule has 4 rings (SSSR count). The molecule has 2 aliphatic rings. The van der Waals surface area contributed by atoms with Crippen LogP contribution in [0.25, 0.3) is 0 Å². The minimum absolute atomic E-state index is 0.000911. The summed E-state index contributed by atoms with van der Waals surface area (Å²) in [5.41, 5.74) is 2.10. The van der Waals surface area contributed by atoms with Crippen LogP contribution in [0.15, 0.2) is 48.5 Å². The summed E-state index contributed by atoms with van der Waals surface area (Å²) in [5.74, 6) is 1.10. The molecule has 8 heteroatoms. The average molecular weight is 545 g/mol. The lowest BCUT2D eigenvalue weighted by atomic mass is 9.79. The first-order valence-corrected chi connectivity index (χ1v) is 14.0. The third-order valence-corrected chi connectivity index (χ3v) is 7.88. The molecule has 0 unspecified atom stereocenters. The van der Waals surface area contributed by atoms with E-state index in [2.05, 4.69) is 13.8 Å².